The van der Waals surface area contributed by atoms with E-state index >= 15 is 0 Å². The molecule has 17 heteroatoms. The van der Waals surface area contributed by atoms with E-state index in [4.69, 9.17) is 21.5 Å². The van der Waals surface area contributed by atoms with Crippen LogP contribution in [-0.2, 0) is 24.6 Å². The van der Waals surface area contributed by atoms with Crippen molar-refractivity contribution in [1.29, 1.82) is 0 Å². The van der Waals surface area contributed by atoms with Crippen LogP contribution in [0.3, 0.4) is 0 Å². The number of amides is 1. The van der Waals surface area contributed by atoms with E-state index in [1.807, 2.05) is 42.5 Å². The molecule has 2 N–H and O–H groups in total. The van der Waals surface area contributed by atoms with Crippen LogP contribution in [0.1, 0.15) is 60.0 Å². The number of thioether (sulfide) groups is 1. The van der Waals surface area contributed by atoms with Crippen molar-refractivity contribution in [2.24, 2.45) is 5.14 Å². The summed E-state index contributed by atoms with van der Waals surface area (Å²) in [5.41, 5.74) is -0.272. The number of sulfone groups is 1. The maximum absolute atomic E-state index is 15.0. The maximum atomic E-state index is 15.0. The first kappa shape index (κ1) is 47.0. The van der Waals surface area contributed by atoms with Crippen molar-refractivity contribution < 1.29 is 39.5 Å². The van der Waals surface area contributed by atoms with Gasteiger partial charge in [-0.1, -0.05) is 65.7 Å². The van der Waals surface area contributed by atoms with E-state index in [9.17, 15) is 34.8 Å². The number of halogens is 4. The van der Waals surface area contributed by atoms with Crippen LogP contribution in [0.4, 0.5) is 18.9 Å². The summed E-state index contributed by atoms with van der Waals surface area (Å²) in [7, 11) is -10.9. The summed E-state index contributed by atoms with van der Waals surface area (Å²) in [5.74, 6) is -0.576. The van der Waals surface area contributed by atoms with Gasteiger partial charge in [-0.2, -0.15) is 13.2 Å². The molecule has 4 aromatic rings. The van der Waals surface area contributed by atoms with Crippen LogP contribution in [0.5, 0.6) is 0 Å². The zero-order valence-corrected chi connectivity index (χ0v) is 37.8. The molecule has 2 heterocycles. The monoisotopic (exact) mass is 942 g/mol. The molecule has 0 aromatic heterocycles. The smallest absolute Gasteiger partial charge is 0.379 e. The maximum Gasteiger partial charge on any atom is 0.501 e. The van der Waals surface area contributed by atoms with Gasteiger partial charge in [0.1, 0.15) is 4.90 Å². The minimum Gasteiger partial charge on any atom is -0.379 e. The Balaban J connectivity index is 1.21. The molecule has 3 aliphatic rings. The normalized spacial score (nSPS) is 17.6. The van der Waals surface area contributed by atoms with Crippen molar-refractivity contribution in [1.82, 2.24) is 9.80 Å². The van der Waals surface area contributed by atoms with E-state index in [0.717, 1.165) is 84.8 Å². The molecule has 336 valence electrons. The lowest BCUT2D eigenvalue weighted by atomic mass is 9.87. The highest BCUT2D eigenvalue weighted by Crippen LogP contribution is 2.40. The van der Waals surface area contributed by atoms with Crippen LogP contribution in [0.2, 0.25) is 5.02 Å². The Kier molecular flexibility index (Phi) is 15.2. The van der Waals surface area contributed by atoms with Gasteiger partial charge in [-0.15, -0.1) is 11.8 Å². The van der Waals surface area contributed by atoms with Crippen molar-refractivity contribution in [2.45, 2.75) is 64.8 Å². The molecule has 1 aliphatic carbocycles. The van der Waals surface area contributed by atoms with Gasteiger partial charge < -0.3 is 9.64 Å². The molecule has 0 bridgehead atoms. The summed E-state index contributed by atoms with van der Waals surface area (Å²) in [4.78, 5) is 19.2. The summed E-state index contributed by atoms with van der Waals surface area (Å²) in [6.45, 7) is 5.01. The SMILES string of the molecule is NS(=O)(=O)c1ccc(N(C(=O)c2ccc(C3=CCN(CC4=C(c5ccc(Cl)cc5)CCCC4)CC3)cc2)[C@H](CCN2CCOCC2)CSc2ccccc2)c(S(=O)(=O)C(F)(F)F)c1. The van der Waals surface area contributed by atoms with Crippen LogP contribution in [0.15, 0.2) is 123 Å². The van der Waals surface area contributed by atoms with E-state index < -0.39 is 52.8 Å². The number of hydrogen-bond acceptors (Lipinski definition) is 9. The minimum absolute atomic E-state index is 0.114. The van der Waals surface area contributed by atoms with E-state index in [-0.39, 0.29) is 17.7 Å². The van der Waals surface area contributed by atoms with Crippen LogP contribution >= 0.6 is 23.4 Å². The number of nitrogens with zero attached hydrogens (tertiary/aromatic N) is 3. The van der Waals surface area contributed by atoms with Crippen molar-refractivity contribution in [3.05, 3.63) is 130 Å². The molecular formula is C46H50ClF3N4O6S3. The van der Waals surface area contributed by atoms with Gasteiger partial charge in [0.05, 0.1) is 23.8 Å². The Hall–Kier alpha value is -4.00. The molecule has 0 unspecified atom stereocenters. The van der Waals surface area contributed by atoms with Crippen molar-refractivity contribution >= 4 is 66.0 Å². The Morgan fingerprint density at radius 2 is 1.52 bits per heavy atom. The predicted molar refractivity (Wildman–Crippen MR) is 243 cm³/mol. The molecule has 4 aromatic carbocycles. The minimum atomic E-state index is -6.21. The third kappa shape index (κ3) is 11.6. The molecule has 10 nitrogen and oxygen atoms in total. The Labute approximate surface area is 376 Å². The molecule has 63 heavy (non-hydrogen) atoms. The fourth-order valence-electron chi connectivity index (χ4n) is 8.33. The molecular weight excluding hydrogens is 893 g/mol. The van der Waals surface area contributed by atoms with E-state index in [1.54, 1.807) is 24.3 Å². The molecule has 0 saturated carbocycles. The number of anilines is 1. The molecule has 1 fully saturated rings. The van der Waals surface area contributed by atoms with Crippen LogP contribution in [0, 0.1) is 0 Å². The average Bonchev–Trinajstić information content (AvgIpc) is 3.28. The molecule has 0 spiro atoms. The third-order valence-corrected chi connectivity index (χ3v) is 15.6. The molecule has 7 rings (SSSR count). The summed E-state index contributed by atoms with van der Waals surface area (Å²) < 4.78 is 100. The van der Waals surface area contributed by atoms with Gasteiger partial charge >= 0.3 is 5.51 Å². The van der Waals surface area contributed by atoms with Gasteiger partial charge in [0.15, 0.2) is 0 Å². The second kappa shape index (κ2) is 20.4. The predicted octanol–water partition coefficient (Wildman–Crippen LogP) is 8.93. The van der Waals surface area contributed by atoms with Crippen LogP contribution in [-0.4, -0.2) is 102 Å². The van der Waals surface area contributed by atoms with E-state index in [0.29, 0.717) is 43.9 Å². The van der Waals surface area contributed by atoms with Gasteiger partial charge in [0.2, 0.25) is 10.0 Å². The number of carbonyl (C=O) groups excluding carboxylic acids is 1. The Morgan fingerprint density at radius 3 is 2.17 bits per heavy atom. The zero-order chi connectivity index (χ0) is 44.8. The Bertz CT molecular complexity index is 2530. The average molecular weight is 944 g/mol. The highest BCUT2D eigenvalue weighted by molar-refractivity contribution is 7.99. The number of primary sulfonamides is 1. The van der Waals surface area contributed by atoms with Gasteiger partial charge in [0.25, 0.3) is 15.7 Å². The second-order valence-electron chi connectivity index (χ2n) is 15.9. The topological polar surface area (TPSA) is 130 Å². The quantitative estimate of drug-likeness (QED) is 0.116. The van der Waals surface area contributed by atoms with Gasteiger partial charge in [-0.25, -0.2) is 22.0 Å². The summed E-state index contributed by atoms with van der Waals surface area (Å²) in [6.07, 6.45) is 7.59. The standard InChI is InChI=1S/C46H50ClF3N4O6S3/c47-38-16-14-35(15-17-38)42-9-5-4-6-37(42)31-53-23-20-34(21-24-53)33-10-12-36(13-11-33)45(55)54(43-19-18-41(63(51,58)59)30-44(43)62(56,57)46(48,49)50)39(22-25-52-26-28-60-29-27-52)32-61-40-7-2-1-3-8-40/h1-3,7-8,10-20,30,39H,4-6,9,21-29,31-32H2,(H2,51,58,59)/t39-/m1/s1. The molecule has 0 radical (unpaired) electrons. The fourth-order valence-corrected chi connectivity index (χ4v) is 11.1. The highest BCUT2D eigenvalue weighted by atomic mass is 35.5. The number of hydrogen-bond donors (Lipinski definition) is 1. The number of rotatable bonds is 15. The van der Waals surface area contributed by atoms with Crippen molar-refractivity contribution in [2.75, 3.05) is 63.1 Å². The van der Waals surface area contributed by atoms with Crippen LogP contribution in [0.25, 0.3) is 11.1 Å². The van der Waals surface area contributed by atoms with Crippen molar-refractivity contribution in [3.8, 4) is 0 Å². The molecule has 1 amide bonds. The third-order valence-electron chi connectivity index (χ3n) is 11.8. The lowest BCUT2D eigenvalue weighted by molar-refractivity contribution is -0.0436. The first-order valence-electron chi connectivity index (χ1n) is 20.9. The molecule has 2 aliphatic heterocycles. The summed E-state index contributed by atoms with van der Waals surface area (Å²) in [5, 5.41) is 6.01. The lowest BCUT2D eigenvalue weighted by Gasteiger charge is -2.35. The second-order valence-corrected chi connectivity index (χ2v) is 20.9. The number of benzene rings is 4. The number of nitrogens with two attached hydrogens (primary N) is 1. The first-order chi connectivity index (χ1) is 30.1. The fraction of sp³-hybridized carbons (Fsp3) is 0.370. The number of morpholine rings is 1. The summed E-state index contributed by atoms with van der Waals surface area (Å²) in [6, 6.07) is 25.5. The Morgan fingerprint density at radius 1 is 0.841 bits per heavy atom. The first-order valence-corrected chi connectivity index (χ1v) is 25.3. The number of alkyl halides is 3. The number of ether oxygens (including phenoxy) is 1. The van der Waals surface area contributed by atoms with Crippen molar-refractivity contribution in [3.63, 3.8) is 0 Å². The lowest BCUT2D eigenvalue weighted by Crippen LogP contribution is -2.46. The van der Waals surface area contributed by atoms with Crippen LogP contribution < -0.4 is 10.0 Å². The van der Waals surface area contributed by atoms with E-state index in [1.165, 1.54) is 28.5 Å². The largest absolute Gasteiger partial charge is 0.501 e. The summed E-state index contributed by atoms with van der Waals surface area (Å²) >= 11 is 7.54. The number of carbonyl (C=O) groups is 1. The van der Waals surface area contributed by atoms with Gasteiger partial charge in [0, 0.05) is 66.5 Å². The molecule has 1 atom stereocenters. The highest BCUT2D eigenvalue weighted by Gasteiger charge is 2.49. The number of sulfonamides is 1. The van der Waals surface area contributed by atoms with Gasteiger partial charge in [-0.3, -0.25) is 14.6 Å². The zero-order valence-electron chi connectivity index (χ0n) is 34.6. The number of allylic oxidation sites excluding steroid dienone is 1. The molecule has 1 saturated heterocycles. The van der Waals surface area contributed by atoms with E-state index in [2.05, 4.69) is 28.0 Å². The van der Waals surface area contributed by atoms with Gasteiger partial charge in [-0.05, 0) is 115 Å².